The Balaban J connectivity index is 0.000000132. The van der Waals surface area contributed by atoms with Crippen molar-refractivity contribution in [1.29, 1.82) is 0 Å². The number of fused-ring (bicyclic) bond motifs is 2. The van der Waals surface area contributed by atoms with Crippen molar-refractivity contribution in [2.45, 2.75) is 62.4 Å². The van der Waals surface area contributed by atoms with Crippen LogP contribution in [0.4, 0.5) is 57.7 Å². The van der Waals surface area contributed by atoms with Crippen LogP contribution >= 0.6 is 0 Å². The van der Waals surface area contributed by atoms with E-state index in [1.807, 2.05) is 72.6 Å². The number of nitrogen functional groups attached to an aromatic ring is 5. The van der Waals surface area contributed by atoms with Crippen LogP contribution < -0.4 is 64.2 Å². The van der Waals surface area contributed by atoms with Gasteiger partial charge in [0.15, 0.2) is 29.1 Å². The molecule has 0 radical (unpaired) electrons. The van der Waals surface area contributed by atoms with Crippen molar-refractivity contribution in [1.82, 2.24) is 94.7 Å². The molecule has 0 spiro atoms. The van der Waals surface area contributed by atoms with Crippen LogP contribution in [0.15, 0.2) is 206 Å². The Morgan fingerprint density at radius 2 is 0.916 bits per heavy atom. The van der Waals surface area contributed by atoms with Crippen molar-refractivity contribution < 1.29 is 48.3 Å². The van der Waals surface area contributed by atoms with Gasteiger partial charge in [0, 0.05) is 182 Å². The Bertz CT molecular complexity index is 6340. The third-order valence-corrected chi connectivity index (χ3v) is 25.4. The van der Waals surface area contributed by atoms with Gasteiger partial charge in [-0.3, -0.25) is 24.0 Å². The Morgan fingerprint density at radius 1 is 0.496 bits per heavy atom. The van der Waals surface area contributed by atoms with E-state index in [0.29, 0.717) is 148 Å². The largest absolute Gasteiger partial charge is 0.507 e. The maximum Gasteiger partial charge on any atom is 0.277 e. The number of piperazine rings is 3. The van der Waals surface area contributed by atoms with Crippen LogP contribution in [0.25, 0.3) is 67.4 Å². The SMILES string of the molecule is CC(C(=O)N(C)C)n1cc(-c2cc(-c3ccccc3O)nnc2N)cn1.CNC(=O)CN1CCN(c2cc(-c3ccccc3O)nnc2N)CC1.C[C@@H]1CN(c2cc(-c3ccccc3O)nnc2N)CCN1S(=O)(=O)c1nccn1C.NC(=O)C1CCN(c2cc(-c3ccccc3O)nnc2N)CC1.Nc1nnc(-c2ccccc2O)cc1N1C[C@H]2C[C@@H]1CN2c1ccccn1. The Labute approximate surface area is 755 Å². The van der Waals surface area contributed by atoms with Gasteiger partial charge in [0.1, 0.15) is 40.6 Å². The molecule has 18 rings (SSSR count). The van der Waals surface area contributed by atoms with Gasteiger partial charge in [0.2, 0.25) is 22.9 Å². The summed E-state index contributed by atoms with van der Waals surface area (Å²) >= 11 is 0. The number of carbonyl (C=O) groups is 3. The minimum Gasteiger partial charge on any atom is -0.507 e. The van der Waals surface area contributed by atoms with Crippen LogP contribution in [0.5, 0.6) is 28.7 Å². The fourth-order valence-corrected chi connectivity index (χ4v) is 18.0. The number of imidazole rings is 1. The van der Waals surface area contributed by atoms with Gasteiger partial charge in [-0.25, -0.2) is 18.4 Å². The van der Waals surface area contributed by atoms with E-state index in [9.17, 15) is 48.3 Å². The van der Waals surface area contributed by atoms with Crippen LogP contribution in [0.2, 0.25) is 0 Å². The number of hydrogen-bond acceptors (Lipinski definition) is 34. The standard InChI is InChI=1S/C20H20N6O.C19H23N7O3S.C18H20N6O2.C17H22N6O2.C16H19N5O2/c21-20-17(10-16(23-24-20)15-5-1-2-6-18(15)27)25-11-14-9-13(25)12-26(14)19-7-3-4-8-22-19;1-13-12-25(9-10-26(13)30(28,29)19-21-7-8-24(19)2)16-11-15(22-23-18(16)20)14-5-3-4-6-17(14)27;1-11(18(26)23(2)3)24-10-12(9-20-24)14-8-15(21-22-17(14)19)13-6-4-5-7-16(13)25;1-19-16(25)11-22-6-8-23(9-7-22)14-10-13(20-21-17(14)18)12-4-2-3-5-15(12)24;17-15-13(21-7-5-10(6-8-21)16(18)23)9-12(19-20-15)11-3-1-2-4-14(11)22/h1-8,10,13-14,27H,9,11-12H2,(H2,21,24);3-8,11,13,27H,9-10,12H2,1-2H3,(H2,20,23);4-11,25H,1-3H3,(H2,19,22);2-5,10,24H,6-9,11H2,1H3,(H2,18,21)(H,19,25);1-4,9-10,22H,5-8H2,(H2,17,20)(H2,18,23)/t13-,14-;13-;;;/m11.../s1. The number of nitrogens with two attached hydrogens (primary N) is 6. The number of phenolic OH excluding ortho intramolecular Hbond substituents is 5. The van der Waals surface area contributed by atoms with Crippen molar-refractivity contribution in [3.05, 3.63) is 201 Å². The van der Waals surface area contributed by atoms with E-state index in [2.05, 4.69) is 102 Å². The number of pyridine rings is 1. The van der Waals surface area contributed by atoms with Gasteiger partial charge in [-0.2, -0.15) is 9.40 Å². The Kier molecular flexibility index (Phi) is 28.3. The van der Waals surface area contributed by atoms with Crippen LogP contribution in [0.3, 0.4) is 0 Å². The molecule has 3 amide bonds. The van der Waals surface area contributed by atoms with E-state index >= 15 is 0 Å². The molecular formula is C90H104N30O10S. The quantitative estimate of drug-likeness (QED) is 0.0423. The highest BCUT2D eigenvalue weighted by Gasteiger charge is 2.45. The first-order chi connectivity index (χ1) is 63.0. The molecule has 680 valence electrons. The molecule has 40 nitrogen and oxygen atoms in total. The summed E-state index contributed by atoms with van der Waals surface area (Å²) in [5.74, 6) is 2.96. The van der Waals surface area contributed by atoms with Crippen molar-refractivity contribution >= 4 is 85.4 Å². The molecular weight excluding hydrogens is 1690 g/mol. The van der Waals surface area contributed by atoms with Gasteiger partial charge < -0.3 is 99.2 Å². The second-order valence-corrected chi connectivity index (χ2v) is 33.9. The topological polar surface area (TPSA) is 558 Å². The zero-order chi connectivity index (χ0) is 92.9. The molecule has 4 atom stereocenters. The van der Waals surface area contributed by atoms with Crippen LogP contribution in [0, 0.1) is 5.92 Å². The van der Waals surface area contributed by atoms with E-state index in [4.69, 9.17) is 34.4 Å². The molecule has 2 bridgehead atoms. The van der Waals surface area contributed by atoms with Gasteiger partial charge >= 0.3 is 0 Å². The third-order valence-electron chi connectivity index (χ3n) is 23.3. The normalized spacial score (nSPS) is 16.4. The minimum absolute atomic E-state index is 0.0142. The number of phenols is 5. The molecule has 5 saturated heterocycles. The van der Waals surface area contributed by atoms with Gasteiger partial charge in [0.25, 0.3) is 10.0 Å². The summed E-state index contributed by atoms with van der Waals surface area (Å²) in [5.41, 5.74) is 45.8. The van der Waals surface area contributed by atoms with E-state index in [1.165, 1.54) is 20.0 Å². The first-order valence-corrected chi connectivity index (χ1v) is 43.7. The van der Waals surface area contributed by atoms with Crippen LogP contribution in [-0.2, 0) is 31.5 Å². The number of aromatic nitrogens is 15. The van der Waals surface area contributed by atoms with Crippen molar-refractivity contribution in [2.24, 2.45) is 18.7 Å². The highest BCUT2D eigenvalue weighted by molar-refractivity contribution is 7.89. The number of aromatic hydroxyl groups is 5. The summed E-state index contributed by atoms with van der Waals surface area (Å²) in [6, 6.07) is 50.0. The molecule has 13 aromatic rings. The monoisotopic (exact) mass is 1800 g/mol. The zero-order valence-corrected chi connectivity index (χ0v) is 73.8. The van der Waals surface area contributed by atoms with Crippen molar-refractivity contribution in [3.63, 3.8) is 0 Å². The second-order valence-electron chi connectivity index (χ2n) is 32.1. The molecule has 1 unspecified atom stereocenters. The van der Waals surface area contributed by atoms with Crippen molar-refractivity contribution in [2.75, 3.05) is 153 Å². The fourth-order valence-electron chi connectivity index (χ4n) is 16.3. The van der Waals surface area contributed by atoms with Crippen LogP contribution in [-0.4, -0.2) is 259 Å². The average Bonchev–Trinajstić information content (AvgIpc) is 1.62. The zero-order valence-electron chi connectivity index (χ0n) is 73.0. The highest BCUT2D eigenvalue weighted by atomic mass is 32.2. The predicted molar refractivity (Wildman–Crippen MR) is 499 cm³/mol. The van der Waals surface area contributed by atoms with Gasteiger partial charge in [-0.1, -0.05) is 66.7 Å². The summed E-state index contributed by atoms with van der Waals surface area (Å²) < 4.78 is 30.6. The summed E-state index contributed by atoms with van der Waals surface area (Å²) in [4.78, 5) is 57.9. The highest BCUT2D eigenvalue weighted by Crippen LogP contribution is 2.42. The Hall–Kier alpha value is -15.7. The number of piperidine rings is 1. The van der Waals surface area contributed by atoms with E-state index in [1.54, 1.807) is 168 Å². The number of nitrogens with zero attached hydrogens (tertiary/aromatic N) is 23. The van der Waals surface area contributed by atoms with Gasteiger partial charge in [0.05, 0.1) is 70.0 Å². The molecule has 0 aliphatic carbocycles. The molecule has 18 N–H and O–H groups in total. The predicted octanol–water partition coefficient (Wildman–Crippen LogP) is 6.73. The summed E-state index contributed by atoms with van der Waals surface area (Å²) in [7, 11) is 3.00. The minimum atomic E-state index is -3.70. The number of likely N-dealkylation sites (N-methyl/N-ethyl adjacent to an activating group) is 2. The first-order valence-electron chi connectivity index (χ1n) is 42.3. The second kappa shape index (κ2) is 40.5. The number of anilines is 10. The lowest BCUT2D eigenvalue weighted by atomic mass is 9.96. The summed E-state index contributed by atoms with van der Waals surface area (Å²) in [6.07, 6.45) is 10.8. The summed E-state index contributed by atoms with van der Waals surface area (Å²) in [5, 5.41) is 98.0. The number of rotatable bonds is 18. The molecule has 41 heteroatoms. The smallest absolute Gasteiger partial charge is 0.277 e. The number of amides is 3. The third kappa shape index (κ3) is 21.0. The average molecular weight is 1800 g/mol. The van der Waals surface area contributed by atoms with Crippen LogP contribution in [0.1, 0.15) is 39.2 Å². The lowest BCUT2D eigenvalue weighted by molar-refractivity contribution is -0.132. The molecule has 5 aromatic carbocycles. The molecule has 5 aliphatic rings. The van der Waals surface area contributed by atoms with E-state index in [-0.39, 0.29) is 81.8 Å². The van der Waals surface area contributed by atoms with Gasteiger partial charge in [-0.05, 0) is 136 Å². The first kappa shape index (κ1) is 91.6. The lowest BCUT2D eigenvalue weighted by Gasteiger charge is -2.39. The number of hydrogen-bond donors (Lipinski definition) is 12. The molecule has 5 fully saturated rings. The molecule has 13 heterocycles. The van der Waals surface area contributed by atoms with E-state index in [0.717, 1.165) is 68.6 Å². The van der Waals surface area contributed by atoms with Crippen molar-refractivity contribution in [3.8, 4) is 96.2 Å². The maximum atomic E-state index is 13.0. The maximum absolute atomic E-state index is 13.0. The Morgan fingerprint density at radius 3 is 1.34 bits per heavy atom. The van der Waals surface area contributed by atoms with Gasteiger partial charge in [-0.15, -0.1) is 51.0 Å². The molecule has 8 aromatic heterocycles. The number of sulfonamides is 1. The summed E-state index contributed by atoms with van der Waals surface area (Å²) in [6.45, 7) is 11.3. The lowest BCUT2D eigenvalue weighted by Crippen LogP contribution is -2.54. The number of carbonyl (C=O) groups excluding carboxylic acids is 3. The fraction of sp³-hybridized carbons (Fsp3) is 0.289. The molecule has 0 saturated carbocycles. The van der Waals surface area contributed by atoms with E-state index < -0.39 is 16.1 Å². The number of para-hydroxylation sites is 5. The number of benzene rings is 5. The molecule has 5 aliphatic heterocycles. The molecule has 131 heavy (non-hydrogen) atoms. The number of aryl methyl sites for hydroxylation is 1. The number of primary amides is 1. The number of nitrogens with one attached hydrogen (secondary N) is 1.